The zero-order chi connectivity index (χ0) is 11.3. The van der Waals surface area contributed by atoms with Gasteiger partial charge in [-0.3, -0.25) is 4.79 Å². The van der Waals surface area contributed by atoms with E-state index in [0.29, 0.717) is 11.1 Å². The van der Waals surface area contributed by atoms with Gasteiger partial charge in [-0.2, -0.15) is 0 Å². The van der Waals surface area contributed by atoms with Crippen molar-refractivity contribution in [1.29, 1.82) is 0 Å². The third-order valence-corrected chi connectivity index (χ3v) is 1.87. The summed E-state index contributed by atoms with van der Waals surface area (Å²) in [6.45, 7) is 4.79. The Balaban J connectivity index is 3.00. The molecule has 1 rings (SSSR count). The van der Waals surface area contributed by atoms with Crippen LogP contribution in [0.2, 0.25) is 0 Å². The minimum absolute atomic E-state index is 0.00820. The van der Waals surface area contributed by atoms with Gasteiger partial charge in [0.2, 0.25) is 0 Å². The van der Waals surface area contributed by atoms with E-state index in [1.54, 1.807) is 24.3 Å². The third-order valence-electron chi connectivity index (χ3n) is 1.87. The number of Topliss-reactive ketones (excluding diaryl/α,β-unsaturated/α-hetero) is 1. The number of rotatable bonds is 4. The SMILES string of the molecule is C=COC(=O)c1ccccc1CC(C)=O. The van der Waals surface area contributed by atoms with Crippen LogP contribution in [0.25, 0.3) is 0 Å². The molecule has 0 aromatic heterocycles. The van der Waals surface area contributed by atoms with Crippen LogP contribution in [0.4, 0.5) is 0 Å². The highest BCUT2D eigenvalue weighted by Gasteiger charge is 2.12. The lowest BCUT2D eigenvalue weighted by molar-refractivity contribution is -0.116. The molecule has 15 heavy (non-hydrogen) atoms. The number of carbonyl (C=O) groups is 2. The predicted molar refractivity (Wildman–Crippen MR) is 56.4 cm³/mol. The summed E-state index contributed by atoms with van der Waals surface area (Å²) in [6, 6.07) is 6.87. The Morgan fingerprint density at radius 1 is 1.40 bits per heavy atom. The zero-order valence-electron chi connectivity index (χ0n) is 8.53. The molecule has 0 bridgehead atoms. The van der Waals surface area contributed by atoms with Crippen LogP contribution in [0.5, 0.6) is 0 Å². The number of hydrogen-bond acceptors (Lipinski definition) is 3. The average Bonchev–Trinajstić information content (AvgIpc) is 2.18. The van der Waals surface area contributed by atoms with Crippen LogP contribution in [-0.4, -0.2) is 11.8 Å². The quantitative estimate of drug-likeness (QED) is 0.557. The molecule has 78 valence electrons. The van der Waals surface area contributed by atoms with Crippen LogP contribution in [0.15, 0.2) is 37.1 Å². The first-order valence-corrected chi connectivity index (χ1v) is 4.54. The summed E-state index contributed by atoms with van der Waals surface area (Å²) < 4.78 is 4.66. The fraction of sp³-hybridized carbons (Fsp3) is 0.167. The molecule has 1 aromatic rings. The molecule has 0 heterocycles. The predicted octanol–water partition coefficient (Wildman–Crippen LogP) is 2.12. The van der Waals surface area contributed by atoms with Gasteiger partial charge < -0.3 is 4.74 Å². The van der Waals surface area contributed by atoms with Crippen LogP contribution in [-0.2, 0) is 16.0 Å². The Bertz CT molecular complexity index is 394. The molecule has 0 atom stereocenters. The van der Waals surface area contributed by atoms with Crippen LogP contribution in [0, 0.1) is 0 Å². The summed E-state index contributed by atoms with van der Waals surface area (Å²) in [5, 5.41) is 0. The fourth-order valence-electron chi connectivity index (χ4n) is 1.28. The summed E-state index contributed by atoms with van der Waals surface area (Å²) in [6.07, 6.45) is 1.31. The van der Waals surface area contributed by atoms with E-state index in [2.05, 4.69) is 11.3 Å². The second-order valence-electron chi connectivity index (χ2n) is 3.11. The maximum absolute atomic E-state index is 11.4. The highest BCUT2D eigenvalue weighted by Crippen LogP contribution is 2.11. The second kappa shape index (κ2) is 5.10. The number of ether oxygens (including phenoxy) is 1. The molecule has 0 spiro atoms. The molecule has 0 amide bonds. The molecule has 3 nitrogen and oxygen atoms in total. The minimum atomic E-state index is -0.484. The van der Waals surface area contributed by atoms with E-state index >= 15 is 0 Å². The molecule has 0 aliphatic heterocycles. The zero-order valence-corrected chi connectivity index (χ0v) is 8.53. The van der Waals surface area contributed by atoms with Gasteiger partial charge in [0.05, 0.1) is 11.8 Å². The molecule has 0 saturated heterocycles. The molecular formula is C12H12O3. The normalized spacial score (nSPS) is 9.40. The molecule has 3 heteroatoms. The van der Waals surface area contributed by atoms with Gasteiger partial charge in [0.25, 0.3) is 0 Å². The number of hydrogen-bond donors (Lipinski definition) is 0. The largest absolute Gasteiger partial charge is 0.432 e. The van der Waals surface area contributed by atoms with Gasteiger partial charge in [0.1, 0.15) is 5.78 Å². The van der Waals surface area contributed by atoms with E-state index in [-0.39, 0.29) is 12.2 Å². The number of esters is 1. The van der Waals surface area contributed by atoms with E-state index in [1.807, 2.05) is 0 Å². The second-order valence-corrected chi connectivity index (χ2v) is 3.11. The van der Waals surface area contributed by atoms with Crippen LogP contribution >= 0.6 is 0 Å². The lowest BCUT2D eigenvalue weighted by atomic mass is 10.0. The highest BCUT2D eigenvalue weighted by molar-refractivity contribution is 5.93. The lowest BCUT2D eigenvalue weighted by Crippen LogP contribution is -2.07. The van der Waals surface area contributed by atoms with Gasteiger partial charge in [0, 0.05) is 6.42 Å². The van der Waals surface area contributed by atoms with E-state index in [0.717, 1.165) is 6.26 Å². The average molecular weight is 204 g/mol. The lowest BCUT2D eigenvalue weighted by Gasteiger charge is -2.05. The molecule has 1 aromatic carbocycles. The van der Waals surface area contributed by atoms with Crippen molar-refractivity contribution in [3.8, 4) is 0 Å². The molecule has 0 unspecified atom stereocenters. The van der Waals surface area contributed by atoms with E-state index < -0.39 is 5.97 Å². The van der Waals surface area contributed by atoms with Gasteiger partial charge >= 0.3 is 5.97 Å². The van der Waals surface area contributed by atoms with Crippen molar-refractivity contribution < 1.29 is 14.3 Å². The Morgan fingerprint density at radius 3 is 2.67 bits per heavy atom. The number of benzene rings is 1. The number of ketones is 1. The fourth-order valence-corrected chi connectivity index (χ4v) is 1.28. The molecule has 0 radical (unpaired) electrons. The summed E-state index contributed by atoms with van der Waals surface area (Å²) in [5.74, 6) is -0.476. The van der Waals surface area contributed by atoms with Crippen molar-refractivity contribution in [2.45, 2.75) is 13.3 Å². The van der Waals surface area contributed by atoms with Gasteiger partial charge in [-0.1, -0.05) is 24.8 Å². The van der Waals surface area contributed by atoms with Crippen molar-refractivity contribution >= 4 is 11.8 Å². The molecule has 0 fully saturated rings. The highest BCUT2D eigenvalue weighted by atomic mass is 16.5. The molecule has 0 N–H and O–H groups in total. The maximum Gasteiger partial charge on any atom is 0.343 e. The van der Waals surface area contributed by atoms with Gasteiger partial charge in [-0.05, 0) is 18.6 Å². The first-order valence-electron chi connectivity index (χ1n) is 4.54. The van der Waals surface area contributed by atoms with Crippen LogP contribution in [0.1, 0.15) is 22.8 Å². The third kappa shape index (κ3) is 3.06. The number of carbonyl (C=O) groups excluding carboxylic acids is 2. The Morgan fingerprint density at radius 2 is 2.07 bits per heavy atom. The van der Waals surface area contributed by atoms with Gasteiger partial charge in [-0.25, -0.2) is 4.79 Å². The Kier molecular flexibility index (Phi) is 3.80. The maximum atomic E-state index is 11.4. The Labute approximate surface area is 88.4 Å². The van der Waals surface area contributed by atoms with Crippen molar-refractivity contribution in [3.63, 3.8) is 0 Å². The first-order chi connectivity index (χ1) is 7.15. The summed E-state index contributed by atoms with van der Waals surface area (Å²) in [4.78, 5) is 22.4. The van der Waals surface area contributed by atoms with Crippen molar-refractivity contribution in [3.05, 3.63) is 48.2 Å². The topological polar surface area (TPSA) is 43.4 Å². The van der Waals surface area contributed by atoms with Gasteiger partial charge in [0.15, 0.2) is 0 Å². The molecular weight excluding hydrogens is 192 g/mol. The summed E-state index contributed by atoms with van der Waals surface area (Å²) in [7, 11) is 0. The smallest absolute Gasteiger partial charge is 0.343 e. The first kappa shape index (κ1) is 11.2. The van der Waals surface area contributed by atoms with Crippen molar-refractivity contribution in [2.24, 2.45) is 0 Å². The van der Waals surface area contributed by atoms with Crippen LogP contribution < -0.4 is 0 Å². The van der Waals surface area contributed by atoms with E-state index in [9.17, 15) is 9.59 Å². The van der Waals surface area contributed by atoms with E-state index in [4.69, 9.17) is 0 Å². The van der Waals surface area contributed by atoms with Crippen LogP contribution in [0.3, 0.4) is 0 Å². The molecule has 0 saturated carbocycles. The van der Waals surface area contributed by atoms with Gasteiger partial charge in [-0.15, -0.1) is 0 Å². The van der Waals surface area contributed by atoms with Crippen molar-refractivity contribution in [1.82, 2.24) is 0 Å². The minimum Gasteiger partial charge on any atom is -0.432 e. The van der Waals surface area contributed by atoms with E-state index in [1.165, 1.54) is 6.92 Å². The molecule has 0 aliphatic carbocycles. The Hall–Kier alpha value is -1.90. The summed E-state index contributed by atoms with van der Waals surface area (Å²) in [5.41, 5.74) is 1.09. The standard InChI is InChI=1S/C12H12O3/c1-3-15-12(14)11-7-5-4-6-10(11)8-9(2)13/h3-7H,1,8H2,2H3. The van der Waals surface area contributed by atoms with Crippen molar-refractivity contribution in [2.75, 3.05) is 0 Å². The molecule has 0 aliphatic rings. The summed E-state index contributed by atoms with van der Waals surface area (Å²) >= 11 is 0. The monoisotopic (exact) mass is 204 g/mol.